The lowest BCUT2D eigenvalue weighted by atomic mass is 10.1. The summed E-state index contributed by atoms with van der Waals surface area (Å²) in [4.78, 5) is 12.0. The molecule has 1 amide bonds. The van der Waals surface area contributed by atoms with Crippen molar-refractivity contribution in [2.45, 2.75) is 59.2 Å². The van der Waals surface area contributed by atoms with Crippen molar-refractivity contribution in [2.24, 2.45) is 5.92 Å². The van der Waals surface area contributed by atoms with Crippen LogP contribution in [0.5, 0.6) is 0 Å². The Hall–Kier alpha value is -1.29. The van der Waals surface area contributed by atoms with Gasteiger partial charge in [-0.15, -0.1) is 0 Å². The van der Waals surface area contributed by atoms with Crippen LogP contribution in [0.4, 0.5) is 0 Å². The summed E-state index contributed by atoms with van der Waals surface area (Å²) in [5, 5.41) is 6.35. The summed E-state index contributed by atoms with van der Waals surface area (Å²) in [6, 6.07) is 2.68. The normalized spacial score (nSPS) is 14.3. The van der Waals surface area contributed by atoms with Crippen molar-refractivity contribution in [2.75, 3.05) is 7.05 Å². The van der Waals surface area contributed by atoms with E-state index in [1.165, 1.54) is 5.56 Å². The van der Waals surface area contributed by atoms with Crippen LogP contribution < -0.4 is 10.6 Å². The molecule has 0 aliphatic carbocycles. The summed E-state index contributed by atoms with van der Waals surface area (Å²) in [5.41, 5.74) is 1.25. The van der Waals surface area contributed by atoms with Crippen LogP contribution in [-0.4, -0.2) is 23.6 Å². The van der Waals surface area contributed by atoms with Crippen LogP contribution in [0.15, 0.2) is 18.5 Å². The van der Waals surface area contributed by atoms with Gasteiger partial charge in [-0.2, -0.15) is 0 Å². The maximum atomic E-state index is 12.0. The predicted octanol–water partition coefficient (Wildman–Crippen LogP) is 2.71. The van der Waals surface area contributed by atoms with Gasteiger partial charge in [0.1, 0.15) is 6.54 Å². The lowest BCUT2D eigenvalue weighted by Crippen LogP contribution is -2.37. The molecule has 0 saturated carbocycles. The quantitative estimate of drug-likeness (QED) is 0.768. The van der Waals surface area contributed by atoms with Gasteiger partial charge in [-0.1, -0.05) is 27.2 Å². The van der Waals surface area contributed by atoms with E-state index in [-0.39, 0.29) is 11.9 Å². The summed E-state index contributed by atoms with van der Waals surface area (Å²) in [5.74, 6) is 0.530. The number of carbonyl (C=O) groups excluding carboxylic acids is 1. The summed E-state index contributed by atoms with van der Waals surface area (Å²) >= 11 is 0. The number of aromatic nitrogens is 1. The third-order valence-corrected chi connectivity index (χ3v) is 3.82. The minimum absolute atomic E-state index is 0.0739. The number of nitrogens with zero attached hydrogens (tertiary/aromatic N) is 1. The minimum atomic E-state index is 0.0739. The minimum Gasteiger partial charge on any atom is -0.352 e. The molecular weight excluding hydrogens is 250 g/mol. The topological polar surface area (TPSA) is 46.1 Å². The molecule has 0 aliphatic rings. The molecule has 1 aromatic rings. The molecule has 4 nitrogen and oxygen atoms in total. The summed E-state index contributed by atoms with van der Waals surface area (Å²) in [7, 11) is 1.98. The van der Waals surface area contributed by atoms with Gasteiger partial charge >= 0.3 is 0 Å². The van der Waals surface area contributed by atoms with E-state index in [1.807, 2.05) is 24.7 Å². The van der Waals surface area contributed by atoms with Crippen molar-refractivity contribution in [1.29, 1.82) is 0 Å². The SMILES string of the molecule is CCCC(NC)c1ccn(CC(=O)NC(C)C(C)C)c1. The van der Waals surface area contributed by atoms with Gasteiger partial charge in [-0.05, 0) is 37.9 Å². The molecule has 2 unspecified atom stereocenters. The molecule has 0 radical (unpaired) electrons. The van der Waals surface area contributed by atoms with E-state index < -0.39 is 0 Å². The molecule has 114 valence electrons. The third kappa shape index (κ3) is 5.00. The fraction of sp³-hybridized carbons (Fsp3) is 0.688. The Morgan fingerprint density at radius 1 is 1.35 bits per heavy atom. The van der Waals surface area contributed by atoms with Crippen LogP contribution in [-0.2, 0) is 11.3 Å². The molecule has 0 bridgehead atoms. The first-order valence-electron chi connectivity index (χ1n) is 7.60. The first-order valence-corrected chi connectivity index (χ1v) is 7.60. The second kappa shape index (κ2) is 8.10. The smallest absolute Gasteiger partial charge is 0.240 e. The van der Waals surface area contributed by atoms with Crippen LogP contribution in [0, 0.1) is 5.92 Å². The van der Waals surface area contributed by atoms with Crippen LogP contribution in [0.2, 0.25) is 0 Å². The Labute approximate surface area is 122 Å². The van der Waals surface area contributed by atoms with Crippen molar-refractivity contribution in [3.05, 3.63) is 24.0 Å². The molecule has 0 saturated heterocycles. The van der Waals surface area contributed by atoms with Crippen LogP contribution >= 0.6 is 0 Å². The Morgan fingerprint density at radius 2 is 2.05 bits per heavy atom. The Kier molecular flexibility index (Phi) is 6.79. The average Bonchev–Trinajstić information content (AvgIpc) is 2.83. The van der Waals surface area contributed by atoms with Gasteiger partial charge in [-0.3, -0.25) is 4.79 Å². The van der Waals surface area contributed by atoms with Crippen molar-refractivity contribution in [1.82, 2.24) is 15.2 Å². The van der Waals surface area contributed by atoms with Crippen molar-refractivity contribution in [3.63, 3.8) is 0 Å². The third-order valence-electron chi connectivity index (χ3n) is 3.82. The molecule has 1 heterocycles. The maximum Gasteiger partial charge on any atom is 0.240 e. The fourth-order valence-electron chi connectivity index (χ4n) is 2.16. The lowest BCUT2D eigenvalue weighted by Gasteiger charge is -2.17. The first kappa shape index (κ1) is 16.8. The Bertz CT molecular complexity index is 412. The molecule has 1 aromatic heterocycles. The second-order valence-electron chi connectivity index (χ2n) is 5.85. The standard InChI is InChI=1S/C16H29N3O/c1-6-7-15(17-5)14-8-9-19(10-14)11-16(20)18-13(4)12(2)3/h8-10,12-13,15,17H,6-7,11H2,1-5H3,(H,18,20). The highest BCUT2D eigenvalue weighted by Gasteiger charge is 2.13. The number of carbonyl (C=O) groups is 1. The van der Waals surface area contributed by atoms with Crippen LogP contribution in [0.1, 0.15) is 52.1 Å². The zero-order valence-corrected chi connectivity index (χ0v) is 13.4. The molecule has 1 rings (SSSR count). The molecule has 0 fully saturated rings. The Morgan fingerprint density at radius 3 is 2.60 bits per heavy atom. The maximum absolute atomic E-state index is 12.0. The summed E-state index contributed by atoms with van der Waals surface area (Å²) in [6.07, 6.45) is 6.30. The van der Waals surface area contributed by atoms with Gasteiger partial charge < -0.3 is 15.2 Å². The summed E-state index contributed by atoms with van der Waals surface area (Å²) < 4.78 is 1.96. The number of amides is 1. The highest BCUT2D eigenvalue weighted by molar-refractivity contribution is 5.76. The number of rotatable bonds is 8. The molecule has 0 aliphatic heterocycles. The van der Waals surface area contributed by atoms with Crippen molar-refractivity contribution >= 4 is 5.91 Å². The molecule has 0 spiro atoms. The van der Waals surface area contributed by atoms with Crippen LogP contribution in [0.3, 0.4) is 0 Å². The van der Waals surface area contributed by atoms with E-state index in [0.717, 1.165) is 12.8 Å². The average molecular weight is 279 g/mol. The molecule has 0 aromatic carbocycles. The zero-order valence-electron chi connectivity index (χ0n) is 13.4. The van der Waals surface area contributed by atoms with Crippen molar-refractivity contribution < 1.29 is 4.79 Å². The zero-order chi connectivity index (χ0) is 15.1. The van der Waals surface area contributed by atoms with Crippen molar-refractivity contribution in [3.8, 4) is 0 Å². The highest BCUT2D eigenvalue weighted by Crippen LogP contribution is 2.18. The van der Waals surface area contributed by atoms with Gasteiger partial charge in [0.25, 0.3) is 0 Å². The van der Waals surface area contributed by atoms with Gasteiger partial charge in [0.05, 0.1) is 0 Å². The Balaban J connectivity index is 2.57. The fourth-order valence-corrected chi connectivity index (χ4v) is 2.16. The van der Waals surface area contributed by atoms with Crippen LogP contribution in [0.25, 0.3) is 0 Å². The highest BCUT2D eigenvalue weighted by atomic mass is 16.2. The monoisotopic (exact) mass is 279 g/mol. The van der Waals surface area contributed by atoms with E-state index in [9.17, 15) is 4.79 Å². The van der Waals surface area contributed by atoms with E-state index >= 15 is 0 Å². The number of hydrogen-bond acceptors (Lipinski definition) is 2. The molecule has 2 N–H and O–H groups in total. The van der Waals surface area contributed by atoms with E-state index in [0.29, 0.717) is 18.5 Å². The van der Waals surface area contributed by atoms with E-state index in [2.05, 4.69) is 43.7 Å². The molecule has 2 atom stereocenters. The lowest BCUT2D eigenvalue weighted by molar-refractivity contribution is -0.122. The number of hydrogen-bond donors (Lipinski definition) is 2. The van der Waals surface area contributed by atoms with Gasteiger partial charge in [0.2, 0.25) is 5.91 Å². The summed E-state index contributed by atoms with van der Waals surface area (Å²) in [6.45, 7) is 8.84. The van der Waals surface area contributed by atoms with Gasteiger partial charge in [0, 0.05) is 24.5 Å². The van der Waals surface area contributed by atoms with E-state index in [4.69, 9.17) is 0 Å². The largest absolute Gasteiger partial charge is 0.352 e. The van der Waals surface area contributed by atoms with Gasteiger partial charge in [0.15, 0.2) is 0 Å². The second-order valence-corrected chi connectivity index (χ2v) is 5.85. The predicted molar refractivity (Wildman–Crippen MR) is 83.6 cm³/mol. The van der Waals surface area contributed by atoms with E-state index in [1.54, 1.807) is 0 Å². The van der Waals surface area contributed by atoms with Gasteiger partial charge in [-0.25, -0.2) is 0 Å². The molecule has 4 heteroatoms. The number of nitrogens with one attached hydrogen (secondary N) is 2. The first-order chi connectivity index (χ1) is 9.47. The molecule has 20 heavy (non-hydrogen) atoms. The molecular formula is C16H29N3O.